The van der Waals surface area contributed by atoms with Crippen molar-refractivity contribution in [3.8, 4) is 11.5 Å². The van der Waals surface area contributed by atoms with E-state index in [2.05, 4.69) is 11.2 Å². The lowest BCUT2D eigenvalue weighted by Crippen LogP contribution is -2.28. The topological polar surface area (TPSA) is 102 Å². The maximum absolute atomic E-state index is 12.6. The smallest absolute Gasteiger partial charge is 0.496 e. The Kier molecular flexibility index (Phi) is 4.38. The number of nitrogens with one attached hydrogen (secondary N) is 1. The van der Waals surface area contributed by atoms with Crippen LogP contribution in [0.25, 0.3) is 6.08 Å². The van der Waals surface area contributed by atoms with E-state index >= 15 is 0 Å². The largest absolute Gasteiger partial charge is 0.512 e. The van der Waals surface area contributed by atoms with Crippen LogP contribution in [-0.2, 0) is 9.59 Å². The van der Waals surface area contributed by atoms with Crippen LogP contribution in [0.5, 0.6) is 11.5 Å². The highest BCUT2D eigenvalue weighted by atomic mass is 16.5. The van der Waals surface area contributed by atoms with Crippen molar-refractivity contribution in [1.29, 1.82) is 0 Å². The van der Waals surface area contributed by atoms with Crippen molar-refractivity contribution in [3.05, 3.63) is 70.9 Å². The Morgan fingerprint density at radius 1 is 1.03 bits per heavy atom. The number of benzene rings is 2. The molecule has 1 saturated heterocycles. The van der Waals surface area contributed by atoms with Crippen molar-refractivity contribution >= 4 is 35.6 Å². The van der Waals surface area contributed by atoms with Crippen LogP contribution in [-0.4, -0.2) is 41.2 Å². The minimum absolute atomic E-state index is 0.0513. The highest BCUT2D eigenvalue weighted by Gasteiger charge is 2.41. The fourth-order valence-corrected chi connectivity index (χ4v) is 2.91. The Morgan fingerprint density at radius 2 is 1.76 bits per heavy atom. The second-order valence-corrected chi connectivity index (χ2v) is 6.07. The third kappa shape index (κ3) is 3.13. The molecule has 2 heterocycles. The molecular weight excluding hydrogens is 376 g/mol. The number of fused-ring (bicyclic) bond motifs is 1. The van der Waals surface area contributed by atoms with Gasteiger partial charge in [0.25, 0.3) is 0 Å². The van der Waals surface area contributed by atoms with Crippen molar-refractivity contribution < 1.29 is 33.2 Å². The molecule has 0 radical (unpaired) electrons. The summed E-state index contributed by atoms with van der Waals surface area (Å²) in [4.78, 5) is 49.7. The lowest BCUT2D eigenvalue weighted by atomic mass is 10.0. The molecule has 142 valence electrons. The maximum atomic E-state index is 12.6. The zero-order valence-electron chi connectivity index (χ0n) is 15.1. The number of carbonyl (C=O) groups excluding carboxylic acids is 4. The summed E-state index contributed by atoms with van der Waals surface area (Å²) in [6, 6.07) is 12.2. The fraction of sp³-hybridized carbons (Fsp3) is 0.0476. The third-order valence-corrected chi connectivity index (χ3v) is 4.31. The third-order valence-electron chi connectivity index (χ3n) is 4.31. The summed E-state index contributed by atoms with van der Waals surface area (Å²) in [6.45, 7) is 0. The molecule has 2 aromatic rings. The van der Waals surface area contributed by atoms with Gasteiger partial charge in [0.1, 0.15) is 17.4 Å². The molecule has 2 aromatic carbocycles. The predicted molar refractivity (Wildman–Crippen MR) is 99.7 cm³/mol. The highest BCUT2D eigenvalue weighted by molar-refractivity contribution is 6.32. The molecule has 2 aliphatic heterocycles. The molecule has 0 unspecified atom stereocenters. The lowest BCUT2D eigenvalue weighted by Gasteiger charge is -2.13. The minimum atomic E-state index is -0.989. The summed E-state index contributed by atoms with van der Waals surface area (Å²) in [5, 5.41) is 2.40. The Labute approximate surface area is 164 Å². The average Bonchev–Trinajstić information content (AvgIpc) is 2.98. The number of ether oxygens (including phenoxy) is 2. The number of amides is 3. The fourth-order valence-electron chi connectivity index (χ4n) is 2.91. The van der Waals surface area contributed by atoms with Gasteiger partial charge in [-0.2, -0.15) is 10.1 Å². The molecule has 1 N–H and O–H groups in total. The van der Waals surface area contributed by atoms with Crippen LogP contribution in [0.15, 0.2) is 59.8 Å². The van der Waals surface area contributed by atoms with Gasteiger partial charge < -0.3 is 9.47 Å². The highest BCUT2D eigenvalue weighted by Crippen LogP contribution is 2.26. The zero-order valence-corrected chi connectivity index (χ0v) is 15.1. The van der Waals surface area contributed by atoms with Gasteiger partial charge in [0, 0.05) is 11.6 Å². The Hall–Kier alpha value is -4.29. The molecule has 8 nitrogen and oxygen atoms in total. The molecule has 1 fully saturated rings. The van der Waals surface area contributed by atoms with Gasteiger partial charge in [-0.15, -0.1) is 0 Å². The standard InChI is InChI=1S/C21H12N2O6/c1-28-16-8-4-2-6-12(16)10-15-19(25)23(21(27)22-15)11-14-18(24)13-7-3-5-9-17(13)29-20(14)26/h2-10H,1H3/p+1/b15-10-. The molecular formula is C21H13N2O6+. The molecule has 0 spiro atoms. The molecule has 0 aliphatic carbocycles. The number of esters is 1. The van der Waals surface area contributed by atoms with Crippen molar-refractivity contribution in [3.63, 3.8) is 0 Å². The molecule has 3 amide bonds. The van der Waals surface area contributed by atoms with E-state index in [4.69, 9.17) is 9.47 Å². The van der Waals surface area contributed by atoms with Gasteiger partial charge in [-0.3, -0.25) is 4.79 Å². The number of carbonyl (C=O) groups is 4. The van der Waals surface area contributed by atoms with E-state index in [1.165, 1.54) is 25.3 Å². The first-order valence-corrected chi connectivity index (χ1v) is 8.49. The minimum Gasteiger partial charge on any atom is -0.496 e. The van der Waals surface area contributed by atoms with Crippen molar-refractivity contribution in [2.45, 2.75) is 0 Å². The van der Waals surface area contributed by atoms with Crippen LogP contribution in [0.1, 0.15) is 15.9 Å². The quantitative estimate of drug-likeness (QED) is 0.209. The van der Waals surface area contributed by atoms with E-state index in [0.29, 0.717) is 15.9 Å². The van der Waals surface area contributed by atoms with Crippen LogP contribution in [0.4, 0.5) is 4.79 Å². The molecule has 0 saturated carbocycles. The Bertz CT molecular complexity index is 1200. The first-order chi connectivity index (χ1) is 14.0. The number of urea groups is 1. The Morgan fingerprint density at radius 3 is 2.55 bits per heavy atom. The number of nitrogens with zero attached hydrogens (tertiary/aromatic N) is 1. The van der Waals surface area contributed by atoms with E-state index in [1.54, 1.807) is 36.4 Å². The molecule has 0 bridgehead atoms. The van der Waals surface area contributed by atoms with Gasteiger partial charge in [-0.1, -0.05) is 34.9 Å². The molecule has 8 heteroatoms. The van der Waals surface area contributed by atoms with Gasteiger partial charge in [0.2, 0.25) is 11.5 Å². The first-order valence-electron chi connectivity index (χ1n) is 8.49. The second kappa shape index (κ2) is 7.03. The predicted octanol–water partition coefficient (Wildman–Crippen LogP) is 1.70. The molecule has 4 rings (SSSR count). The number of rotatable bonds is 2. The van der Waals surface area contributed by atoms with Crippen molar-refractivity contribution in [2.24, 2.45) is 0 Å². The van der Waals surface area contributed by atoms with Crippen molar-refractivity contribution in [1.82, 2.24) is 5.32 Å². The van der Waals surface area contributed by atoms with Gasteiger partial charge >= 0.3 is 17.9 Å². The molecule has 29 heavy (non-hydrogen) atoms. The normalized spacial score (nSPS) is 17.1. The lowest BCUT2D eigenvalue weighted by molar-refractivity contribution is -0.337. The monoisotopic (exact) mass is 389 g/mol. The maximum Gasteiger partial charge on any atom is 0.512 e. The van der Waals surface area contributed by atoms with E-state index in [9.17, 15) is 19.2 Å². The summed E-state index contributed by atoms with van der Waals surface area (Å²) in [5.74, 6) is 0.472. The van der Waals surface area contributed by atoms with Gasteiger partial charge in [-0.25, -0.2) is 9.59 Å². The number of methoxy groups -OCH3 is 1. The average molecular weight is 389 g/mol. The van der Waals surface area contributed by atoms with Crippen LogP contribution in [0.2, 0.25) is 0 Å². The van der Waals surface area contributed by atoms with Crippen LogP contribution < -0.4 is 14.8 Å². The number of imide groups is 1. The van der Waals surface area contributed by atoms with E-state index in [1.807, 2.05) is 0 Å². The number of hydrogen-bond donors (Lipinski definition) is 1. The van der Waals surface area contributed by atoms with E-state index in [0.717, 1.165) is 0 Å². The summed E-state index contributed by atoms with van der Waals surface area (Å²) in [6.07, 6.45) is 1.43. The van der Waals surface area contributed by atoms with Crippen LogP contribution in [0.3, 0.4) is 0 Å². The first kappa shape index (κ1) is 18.1. The van der Waals surface area contributed by atoms with Gasteiger partial charge in [0.05, 0.1) is 12.7 Å². The SMILES string of the molecule is COc1ccccc1/C=C1\NC(=O)[N+](=C=C2C(=O)Oc3ccccc3C2=O)C1=O. The summed E-state index contributed by atoms with van der Waals surface area (Å²) in [5.41, 5.74) is 0.122. The summed E-state index contributed by atoms with van der Waals surface area (Å²) < 4.78 is 10.9. The second-order valence-electron chi connectivity index (χ2n) is 6.07. The van der Waals surface area contributed by atoms with E-state index < -0.39 is 29.3 Å². The number of para-hydroxylation sites is 2. The van der Waals surface area contributed by atoms with E-state index in [-0.39, 0.29) is 17.0 Å². The number of Topliss-reactive ketones (excluding diaryl/α,β-unsaturated/α-hetero) is 1. The summed E-state index contributed by atoms with van der Waals surface area (Å²) >= 11 is 0. The number of ketones is 1. The van der Waals surface area contributed by atoms with Gasteiger partial charge in [0.15, 0.2) is 5.57 Å². The number of hydrogen-bond acceptors (Lipinski definition) is 6. The molecule has 2 aliphatic rings. The summed E-state index contributed by atoms with van der Waals surface area (Å²) in [7, 11) is 1.48. The Balaban J connectivity index is 1.78. The van der Waals surface area contributed by atoms with Crippen LogP contribution in [0, 0.1) is 0 Å². The molecule has 0 atom stereocenters. The zero-order chi connectivity index (χ0) is 20.5. The van der Waals surface area contributed by atoms with Gasteiger partial charge in [-0.05, 0) is 18.2 Å². The van der Waals surface area contributed by atoms with Crippen molar-refractivity contribution in [2.75, 3.05) is 7.11 Å². The van der Waals surface area contributed by atoms with Crippen LogP contribution >= 0.6 is 0 Å². The molecule has 0 aromatic heterocycles.